The zero-order valence-corrected chi connectivity index (χ0v) is 19.9. The molecule has 0 bridgehead atoms. The van der Waals surface area contributed by atoms with Crippen molar-refractivity contribution >= 4 is 41.4 Å². The second-order valence-corrected chi connectivity index (χ2v) is 10.8. The number of terminal acetylenes is 1. The standard InChI is InChI=1S/C22H23NO6SSe/c1-5-15-23(30(26,27)17-13-11-16(2)12-14-17)19(21(24)28-3)20(22(25)29-4)31-18-9-7-6-8-10-18/h1,6-14,19-20H,15H2,2-4H3. The summed E-state index contributed by atoms with van der Waals surface area (Å²) in [5, 5.41) is 0. The fraction of sp³-hybridized carbons (Fsp3) is 0.273. The van der Waals surface area contributed by atoms with Crippen LogP contribution in [0.25, 0.3) is 0 Å². The molecule has 0 aliphatic carbocycles. The van der Waals surface area contributed by atoms with Gasteiger partial charge in [0.1, 0.15) is 0 Å². The van der Waals surface area contributed by atoms with E-state index in [-0.39, 0.29) is 4.90 Å². The first-order valence-corrected chi connectivity index (χ1v) is 12.4. The first kappa shape index (κ1) is 24.6. The van der Waals surface area contributed by atoms with Crippen LogP contribution in [0.15, 0.2) is 59.5 Å². The Bertz CT molecular complexity index is 1050. The van der Waals surface area contributed by atoms with Gasteiger partial charge in [-0.15, -0.1) is 0 Å². The molecule has 0 fully saturated rings. The average Bonchev–Trinajstić information content (AvgIpc) is 2.78. The van der Waals surface area contributed by atoms with Crippen molar-refractivity contribution in [2.75, 3.05) is 20.8 Å². The summed E-state index contributed by atoms with van der Waals surface area (Å²) in [4.78, 5) is 24.4. The van der Waals surface area contributed by atoms with Crippen LogP contribution in [0.1, 0.15) is 5.56 Å². The molecule has 2 atom stereocenters. The van der Waals surface area contributed by atoms with Gasteiger partial charge in [-0.05, 0) is 0 Å². The molecule has 0 N–H and O–H groups in total. The molecule has 0 aliphatic heterocycles. The number of benzene rings is 2. The van der Waals surface area contributed by atoms with Crippen LogP contribution in [0.5, 0.6) is 0 Å². The number of rotatable bonds is 9. The first-order valence-electron chi connectivity index (χ1n) is 9.15. The van der Waals surface area contributed by atoms with Gasteiger partial charge in [-0.1, -0.05) is 0 Å². The van der Waals surface area contributed by atoms with E-state index in [0.29, 0.717) is 0 Å². The molecular weight excluding hydrogens is 485 g/mol. The van der Waals surface area contributed by atoms with E-state index >= 15 is 0 Å². The normalized spacial score (nSPS) is 13.1. The first-order chi connectivity index (χ1) is 14.8. The van der Waals surface area contributed by atoms with Gasteiger partial charge in [0.05, 0.1) is 0 Å². The van der Waals surface area contributed by atoms with Crippen molar-refractivity contribution < 1.29 is 27.5 Å². The molecule has 0 amide bonds. The van der Waals surface area contributed by atoms with Crippen molar-refractivity contribution in [1.82, 2.24) is 4.31 Å². The minimum atomic E-state index is -4.22. The number of carbonyl (C=O) groups excluding carboxylic acids is 2. The SMILES string of the molecule is C#CCN(C(C(=O)OC)C([Se]c1ccccc1)C(=O)OC)S(=O)(=O)c1ccc(C)cc1. The number of sulfonamides is 1. The number of hydrogen-bond acceptors (Lipinski definition) is 6. The topological polar surface area (TPSA) is 90.0 Å². The van der Waals surface area contributed by atoms with Crippen LogP contribution in [-0.4, -0.2) is 66.4 Å². The predicted molar refractivity (Wildman–Crippen MR) is 117 cm³/mol. The fourth-order valence-electron chi connectivity index (χ4n) is 2.78. The third kappa shape index (κ3) is 5.96. The Labute approximate surface area is 188 Å². The van der Waals surface area contributed by atoms with Gasteiger partial charge in [-0.25, -0.2) is 0 Å². The molecule has 2 unspecified atom stereocenters. The number of carbonyl (C=O) groups is 2. The fourth-order valence-corrected chi connectivity index (χ4v) is 6.95. The predicted octanol–water partition coefficient (Wildman–Crippen LogP) is 1.15. The van der Waals surface area contributed by atoms with E-state index in [9.17, 15) is 18.0 Å². The molecular formula is C22H23NO6SSe. The monoisotopic (exact) mass is 509 g/mol. The van der Waals surface area contributed by atoms with Gasteiger partial charge in [0, 0.05) is 0 Å². The summed E-state index contributed by atoms with van der Waals surface area (Å²) in [6.45, 7) is 1.40. The van der Waals surface area contributed by atoms with Crippen LogP contribution >= 0.6 is 0 Å². The van der Waals surface area contributed by atoms with Crippen molar-refractivity contribution in [1.29, 1.82) is 0 Å². The quantitative estimate of drug-likeness (QED) is 0.287. The van der Waals surface area contributed by atoms with Gasteiger partial charge in [0.2, 0.25) is 0 Å². The Morgan fingerprint density at radius 3 is 2.13 bits per heavy atom. The molecule has 0 saturated carbocycles. The van der Waals surface area contributed by atoms with Crippen LogP contribution < -0.4 is 4.46 Å². The molecule has 0 heterocycles. The van der Waals surface area contributed by atoms with Crippen LogP contribution in [0, 0.1) is 19.3 Å². The number of nitrogens with zero attached hydrogens (tertiary/aromatic N) is 1. The van der Waals surface area contributed by atoms with E-state index in [1.165, 1.54) is 19.2 Å². The van der Waals surface area contributed by atoms with E-state index in [2.05, 4.69) is 5.92 Å². The number of ether oxygens (including phenoxy) is 2. The molecule has 31 heavy (non-hydrogen) atoms. The van der Waals surface area contributed by atoms with Crippen LogP contribution in [0.3, 0.4) is 0 Å². The summed E-state index contributed by atoms with van der Waals surface area (Å²) < 4.78 is 38.3. The molecule has 2 aromatic rings. The maximum atomic E-state index is 13.4. The van der Waals surface area contributed by atoms with Crippen molar-refractivity contribution in [3.8, 4) is 12.3 Å². The van der Waals surface area contributed by atoms with Crippen molar-refractivity contribution in [3.05, 3.63) is 60.2 Å². The summed E-state index contributed by atoms with van der Waals surface area (Å²) in [6.07, 6.45) is 5.45. The number of hydrogen-bond donors (Lipinski definition) is 0. The Kier molecular flexibility index (Phi) is 8.84. The Hall–Kier alpha value is -2.63. The molecule has 0 aromatic heterocycles. The summed E-state index contributed by atoms with van der Waals surface area (Å²) >= 11 is -0.650. The van der Waals surface area contributed by atoms with E-state index in [1.54, 1.807) is 36.4 Å². The van der Waals surface area contributed by atoms with Crippen molar-refractivity contribution in [2.45, 2.75) is 22.7 Å². The van der Waals surface area contributed by atoms with E-state index in [0.717, 1.165) is 21.4 Å². The average molecular weight is 508 g/mol. The van der Waals surface area contributed by atoms with Crippen molar-refractivity contribution in [2.24, 2.45) is 0 Å². The molecule has 164 valence electrons. The Balaban J connectivity index is 2.61. The Morgan fingerprint density at radius 2 is 1.61 bits per heavy atom. The van der Waals surface area contributed by atoms with Crippen LogP contribution in [0.2, 0.25) is 4.82 Å². The second kappa shape index (κ2) is 11.1. The third-order valence-corrected chi connectivity index (χ3v) is 8.82. The van der Waals surface area contributed by atoms with E-state index in [4.69, 9.17) is 15.9 Å². The van der Waals surface area contributed by atoms with E-state index < -0.39 is 54.3 Å². The number of methoxy groups -OCH3 is 2. The summed E-state index contributed by atoms with van der Waals surface area (Å²) in [6, 6.07) is 13.6. The van der Waals surface area contributed by atoms with Gasteiger partial charge in [-0.3, -0.25) is 0 Å². The molecule has 2 aromatic carbocycles. The molecule has 0 radical (unpaired) electrons. The van der Waals surface area contributed by atoms with Gasteiger partial charge >= 0.3 is 189 Å². The Morgan fingerprint density at radius 1 is 1.03 bits per heavy atom. The van der Waals surface area contributed by atoms with Gasteiger partial charge in [0.25, 0.3) is 0 Å². The molecule has 0 aliphatic rings. The number of aryl methyl sites for hydroxylation is 1. The van der Waals surface area contributed by atoms with Gasteiger partial charge in [-0.2, -0.15) is 0 Å². The van der Waals surface area contributed by atoms with Gasteiger partial charge in [0.15, 0.2) is 0 Å². The van der Waals surface area contributed by atoms with Crippen LogP contribution in [-0.2, 0) is 29.1 Å². The summed E-state index contributed by atoms with van der Waals surface area (Å²) in [5.41, 5.74) is 0.867. The summed E-state index contributed by atoms with van der Waals surface area (Å²) in [5.74, 6) is 0.672. The molecule has 2 rings (SSSR count). The second-order valence-electron chi connectivity index (χ2n) is 6.41. The molecule has 0 saturated heterocycles. The number of esters is 2. The van der Waals surface area contributed by atoms with Gasteiger partial charge < -0.3 is 0 Å². The zero-order chi connectivity index (χ0) is 23.0. The minimum absolute atomic E-state index is 0.0434. The third-order valence-electron chi connectivity index (χ3n) is 4.35. The molecule has 0 spiro atoms. The zero-order valence-electron chi connectivity index (χ0n) is 17.3. The summed E-state index contributed by atoms with van der Waals surface area (Å²) in [7, 11) is -1.91. The van der Waals surface area contributed by atoms with E-state index in [1.807, 2.05) is 13.0 Å². The van der Waals surface area contributed by atoms with Crippen molar-refractivity contribution in [3.63, 3.8) is 0 Å². The molecule has 9 heteroatoms. The maximum absolute atomic E-state index is 13.4. The van der Waals surface area contributed by atoms with Crippen LogP contribution in [0.4, 0.5) is 0 Å². The molecule has 7 nitrogen and oxygen atoms in total.